The van der Waals surface area contributed by atoms with E-state index in [0.29, 0.717) is 24.7 Å². The fourth-order valence-corrected chi connectivity index (χ4v) is 4.99. The largest absolute Gasteiger partial charge is 0.490 e. The summed E-state index contributed by atoms with van der Waals surface area (Å²) in [6, 6.07) is 11.1. The van der Waals surface area contributed by atoms with Crippen molar-refractivity contribution < 1.29 is 27.4 Å². The fraction of sp³-hybridized carbons (Fsp3) is 0.381. The number of methoxy groups -OCH3 is 1. The van der Waals surface area contributed by atoms with Gasteiger partial charge in [-0.05, 0) is 37.1 Å². The number of ether oxygens (including phenoxy) is 3. The number of nitrogens with zero attached hydrogens (tertiary/aromatic N) is 1. The highest BCUT2D eigenvalue weighted by Gasteiger charge is 2.40. The Morgan fingerprint density at radius 3 is 2.34 bits per heavy atom. The second-order valence-corrected chi connectivity index (χ2v) is 8.43. The SMILES string of the molecule is CCOc1ccc(S(=O)(=O)N2Cc3ccccc3C[C@H]2C(=O)OC)cc1OCC. The third-order valence-corrected chi connectivity index (χ3v) is 6.65. The van der Waals surface area contributed by atoms with Crippen molar-refractivity contribution in [3.63, 3.8) is 0 Å². The van der Waals surface area contributed by atoms with Gasteiger partial charge in [0.25, 0.3) is 0 Å². The van der Waals surface area contributed by atoms with Gasteiger partial charge in [0.05, 0.1) is 25.2 Å². The maximum atomic E-state index is 13.5. The van der Waals surface area contributed by atoms with Crippen molar-refractivity contribution in [3.05, 3.63) is 53.6 Å². The first kappa shape index (κ1) is 21.1. The maximum Gasteiger partial charge on any atom is 0.324 e. The van der Waals surface area contributed by atoms with Crippen LogP contribution in [0.25, 0.3) is 0 Å². The van der Waals surface area contributed by atoms with Crippen molar-refractivity contribution in [1.29, 1.82) is 0 Å². The van der Waals surface area contributed by atoms with Gasteiger partial charge in [0, 0.05) is 19.0 Å². The summed E-state index contributed by atoms with van der Waals surface area (Å²) in [6.07, 6.45) is 0.261. The van der Waals surface area contributed by atoms with Crippen LogP contribution in [0.4, 0.5) is 0 Å². The van der Waals surface area contributed by atoms with E-state index >= 15 is 0 Å². The highest BCUT2D eigenvalue weighted by Crippen LogP contribution is 2.34. The molecule has 29 heavy (non-hydrogen) atoms. The third kappa shape index (κ3) is 4.23. The van der Waals surface area contributed by atoms with Crippen molar-refractivity contribution >= 4 is 16.0 Å². The summed E-state index contributed by atoms with van der Waals surface area (Å²) in [7, 11) is -2.72. The Hall–Kier alpha value is -2.58. The van der Waals surface area contributed by atoms with E-state index in [0.717, 1.165) is 11.1 Å². The smallest absolute Gasteiger partial charge is 0.324 e. The van der Waals surface area contributed by atoms with Gasteiger partial charge in [-0.2, -0.15) is 4.31 Å². The number of carbonyl (C=O) groups is 1. The molecule has 1 atom stereocenters. The van der Waals surface area contributed by atoms with Crippen LogP contribution in [0.1, 0.15) is 25.0 Å². The number of sulfonamides is 1. The van der Waals surface area contributed by atoms with Gasteiger partial charge in [0.15, 0.2) is 11.5 Å². The minimum Gasteiger partial charge on any atom is -0.490 e. The van der Waals surface area contributed by atoms with Crippen LogP contribution in [0.15, 0.2) is 47.4 Å². The van der Waals surface area contributed by atoms with Gasteiger partial charge < -0.3 is 14.2 Å². The number of hydrogen-bond acceptors (Lipinski definition) is 6. The van der Waals surface area contributed by atoms with Crippen molar-refractivity contribution in [2.75, 3.05) is 20.3 Å². The van der Waals surface area contributed by atoms with Crippen LogP contribution >= 0.6 is 0 Å². The molecule has 1 aliphatic heterocycles. The Labute approximate surface area is 171 Å². The van der Waals surface area contributed by atoms with Gasteiger partial charge in [0.1, 0.15) is 6.04 Å². The van der Waals surface area contributed by atoms with Gasteiger partial charge in [-0.1, -0.05) is 24.3 Å². The van der Waals surface area contributed by atoms with Crippen LogP contribution in [0, 0.1) is 0 Å². The van der Waals surface area contributed by atoms with Gasteiger partial charge in [0.2, 0.25) is 10.0 Å². The Morgan fingerprint density at radius 2 is 1.69 bits per heavy atom. The van der Waals surface area contributed by atoms with Crippen LogP contribution < -0.4 is 9.47 Å². The monoisotopic (exact) mass is 419 g/mol. The molecular formula is C21H25NO6S. The Morgan fingerprint density at radius 1 is 1.03 bits per heavy atom. The Balaban J connectivity index is 2.04. The average Bonchev–Trinajstić information content (AvgIpc) is 2.73. The van der Waals surface area contributed by atoms with E-state index in [2.05, 4.69) is 0 Å². The van der Waals surface area contributed by atoms with E-state index in [1.165, 1.54) is 23.5 Å². The highest BCUT2D eigenvalue weighted by atomic mass is 32.2. The summed E-state index contributed by atoms with van der Waals surface area (Å²) in [4.78, 5) is 12.4. The van der Waals surface area contributed by atoms with Crippen molar-refractivity contribution in [2.24, 2.45) is 0 Å². The molecule has 156 valence electrons. The van der Waals surface area contributed by atoms with Crippen molar-refractivity contribution in [1.82, 2.24) is 4.31 Å². The average molecular weight is 419 g/mol. The standard InChI is InChI=1S/C21H25NO6S/c1-4-27-19-11-10-17(13-20(19)28-5-2)29(24,25)22-14-16-9-7-6-8-15(16)12-18(22)21(23)26-3/h6-11,13,18H,4-5,12,14H2,1-3H3/t18-/m0/s1. The molecule has 0 amide bonds. The predicted molar refractivity (Wildman–Crippen MR) is 107 cm³/mol. The summed E-state index contributed by atoms with van der Waals surface area (Å²) in [5, 5.41) is 0. The molecule has 0 spiro atoms. The van der Waals surface area contributed by atoms with E-state index in [9.17, 15) is 13.2 Å². The van der Waals surface area contributed by atoms with Gasteiger partial charge >= 0.3 is 5.97 Å². The van der Waals surface area contributed by atoms with E-state index in [4.69, 9.17) is 14.2 Å². The summed E-state index contributed by atoms with van der Waals surface area (Å²) in [5.74, 6) is 0.239. The molecule has 0 unspecified atom stereocenters. The number of fused-ring (bicyclic) bond motifs is 1. The van der Waals surface area contributed by atoms with E-state index in [-0.39, 0.29) is 17.9 Å². The first-order valence-corrected chi connectivity index (χ1v) is 10.9. The lowest BCUT2D eigenvalue weighted by molar-refractivity contribution is -0.145. The molecule has 8 heteroatoms. The van der Waals surface area contributed by atoms with E-state index in [1.807, 2.05) is 38.1 Å². The second kappa shape index (κ2) is 8.84. The normalized spacial score (nSPS) is 16.7. The Kier molecular flexibility index (Phi) is 6.44. The molecule has 1 heterocycles. The van der Waals surface area contributed by atoms with Crippen LogP contribution in [-0.4, -0.2) is 45.1 Å². The minimum atomic E-state index is -3.98. The molecular weight excluding hydrogens is 394 g/mol. The number of esters is 1. The molecule has 0 aromatic heterocycles. The summed E-state index contributed by atoms with van der Waals surface area (Å²) in [5.41, 5.74) is 1.81. The molecule has 0 aliphatic carbocycles. The lowest BCUT2D eigenvalue weighted by Crippen LogP contribution is -2.49. The van der Waals surface area contributed by atoms with Crippen LogP contribution in [0.3, 0.4) is 0 Å². The molecule has 7 nitrogen and oxygen atoms in total. The summed E-state index contributed by atoms with van der Waals surface area (Å²) in [6.45, 7) is 4.54. The summed E-state index contributed by atoms with van der Waals surface area (Å²) < 4.78 is 44.1. The lowest BCUT2D eigenvalue weighted by atomic mass is 9.96. The molecule has 0 N–H and O–H groups in total. The molecule has 0 saturated heterocycles. The Bertz CT molecular complexity index is 988. The van der Waals surface area contributed by atoms with Crippen LogP contribution in [0.5, 0.6) is 11.5 Å². The molecule has 1 aliphatic rings. The number of rotatable bonds is 7. The fourth-order valence-electron chi connectivity index (χ4n) is 3.42. The van der Waals surface area contributed by atoms with Gasteiger partial charge in [-0.15, -0.1) is 0 Å². The van der Waals surface area contributed by atoms with Gasteiger partial charge in [-0.3, -0.25) is 4.79 Å². The molecule has 0 fully saturated rings. The molecule has 0 bridgehead atoms. The highest BCUT2D eigenvalue weighted by molar-refractivity contribution is 7.89. The number of carbonyl (C=O) groups excluding carboxylic acids is 1. The number of hydrogen-bond donors (Lipinski definition) is 0. The van der Waals surface area contributed by atoms with Crippen LogP contribution in [-0.2, 0) is 32.5 Å². The first-order valence-electron chi connectivity index (χ1n) is 9.48. The quantitative estimate of drug-likeness (QED) is 0.642. The van der Waals surface area contributed by atoms with Crippen LogP contribution in [0.2, 0.25) is 0 Å². The summed E-state index contributed by atoms with van der Waals surface area (Å²) >= 11 is 0. The zero-order valence-corrected chi connectivity index (χ0v) is 17.6. The zero-order valence-electron chi connectivity index (χ0n) is 16.8. The first-order chi connectivity index (χ1) is 13.9. The minimum absolute atomic E-state index is 0.0395. The lowest BCUT2D eigenvalue weighted by Gasteiger charge is -2.34. The van der Waals surface area contributed by atoms with E-state index < -0.39 is 22.0 Å². The van der Waals surface area contributed by atoms with E-state index in [1.54, 1.807) is 6.07 Å². The third-order valence-electron chi connectivity index (χ3n) is 4.80. The maximum absolute atomic E-state index is 13.5. The predicted octanol–water partition coefficient (Wildman–Crippen LogP) is 2.77. The molecule has 0 radical (unpaired) electrons. The molecule has 2 aromatic rings. The zero-order chi connectivity index (χ0) is 21.0. The topological polar surface area (TPSA) is 82.1 Å². The van der Waals surface area contributed by atoms with Crippen molar-refractivity contribution in [2.45, 2.75) is 37.8 Å². The second-order valence-electron chi connectivity index (χ2n) is 6.54. The molecule has 2 aromatic carbocycles. The molecule has 3 rings (SSSR count). The molecule has 0 saturated carbocycles. The van der Waals surface area contributed by atoms with Crippen molar-refractivity contribution in [3.8, 4) is 11.5 Å². The number of benzene rings is 2. The van der Waals surface area contributed by atoms with Gasteiger partial charge in [-0.25, -0.2) is 8.42 Å².